The Labute approximate surface area is 142 Å². The molecule has 0 aliphatic carbocycles. The number of ether oxygens (including phenoxy) is 1. The molecule has 24 heavy (non-hydrogen) atoms. The molecule has 0 fully saturated rings. The van der Waals surface area contributed by atoms with Crippen LogP contribution in [0.5, 0.6) is 0 Å². The van der Waals surface area contributed by atoms with Crippen LogP contribution in [0.4, 0.5) is 5.69 Å². The first kappa shape index (κ1) is 14.5. The van der Waals surface area contributed by atoms with Crippen LogP contribution in [0.2, 0.25) is 5.02 Å². The number of hydrogen-bond donors (Lipinski definition) is 2. The van der Waals surface area contributed by atoms with Gasteiger partial charge in [-0.3, -0.25) is 4.79 Å². The number of hydrogen-bond acceptors (Lipinski definition) is 4. The van der Waals surface area contributed by atoms with Crippen molar-refractivity contribution in [3.05, 3.63) is 77.1 Å². The number of carbonyl (C=O) groups is 1. The first-order valence-corrected chi connectivity index (χ1v) is 7.68. The van der Waals surface area contributed by atoms with Gasteiger partial charge in [0.25, 0.3) is 0 Å². The van der Waals surface area contributed by atoms with Crippen molar-refractivity contribution in [1.82, 2.24) is 9.97 Å². The lowest BCUT2D eigenvalue weighted by molar-refractivity contribution is -0.112. The number of anilines is 1. The zero-order valence-electron chi connectivity index (χ0n) is 12.4. The first-order chi connectivity index (χ1) is 11.7. The number of allylic oxidation sites excluding steroid dienone is 1. The number of carbonyl (C=O) groups excluding carboxylic acids is 1. The van der Waals surface area contributed by atoms with E-state index >= 15 is 0 Å². The molecule has 4 rings (SSSR count). The van der Waals surface area contributed by atoms with Gasteiger partial charge in [-0.2, -0.15) is 0 Å². The Bertz CT molecular complexity index is 1000. The molecule has 0 unspecified atom stereocenters. The van der Waals surface area contributed by atoms with Crippen molar-refractivity contribution < 1.29 is 9.53 Å². The predicted molar refractivity (Wildman–Crippen MR) is 93.3 cm³/mol. The molecule has 0 atom stereocenters. The smallest absolute Gasteiger partial charge is 0.226 e. The van der Waals surface area contributed by atoms with Crippen molar-refractivity contribution >= 4 is 40.2 Å². The zero-order valence-corrected chi connectivity index (χ0v) is 13.2. The van der Waals surface area contributed by atoms with Crippen LogP contribution in [-0.4, -0.2) is 15.8 Å². The molecule has 6 heteroatoms. The van der Waals surface area contributed by atoms with E-state index in [9.17, 15) is 4.79 Å². The van der Waals surface area contributed by atoms with Gasteiger partial charge in [-0.05, 0) is 30.3 Å². The molecule has 5 nitrogen and oxygen atoms in total. The molecule has 3 aromatic rings. The summed E-state index contributed by atoms with van der Waals surface area (Å²) in [6.45, 7) is 0. The number of aromatic nitrogens is 2. The summed E-state index contributed by atoms with van der Waals surface area (Å²) < 4.78 is 5.62. The molecular formula is C18H12ClN3O2. The van der Waals surface area contributed by atoms with Crippen LogP contribution in [0, 0.1) is 0 Å². The van der Waals surface area contributed by atoms with Crippen molar-refractivity contribution in [1.29, 1.82) is 0 Å². The third kappa shape index (κ3) is 2.66. The normalized spacial score (nSPS) is 15.6. The average molecular weight is 338 g/mol. The lowest BCUT2D eigenvalue weighted by atomic mass is 10.2. The standard InChI is InChI=1S/C18H12ClN3O2/c19-13-5-1-2-6-14(13)22-17-9-15(23)16(24-17)8-11-10-21-18-12(11)4-3-7-20-18/h1-10,22H,(H,20,21). The molecule has 0 amide bonds. The van der Waals surface area contributed by atoms with E-state index in [1.807, 2.05) is 30.3 Å². The van der Waals surface area contributed by atoms with E-state index in [0.717, 1.165) is 16.6 Å². The Morgan fingerprint density at radius 2 is 2.08 bits per heavy atom. The minimum atomic E-state index is -0.206. The van der Waals surface area contributed by atoms with E-state index in [0.29, 0.717) is 16.6 Å². The second-order valence-corrected chi connectivity index (χ2v) is 5.64. The summed E-state index contributed by atoms with van der Waals surface area (Å²) in [5.41, 5.74) is 2.28. The summed E-state index contributed by atoms with van der Waals surface area (Å²) >= 11 is 6.10. The van der Waals surface area contributed by atoms with Gasteiger partial charge < -0.3 is 15.0 Å². The Morgan fingerprint density at radius 1 is 1.21 bits per heavy atom. The number of aromatic amines is 1. The Kier molecular flexibility index (Phi) is 3.55. The second-order valence-electron chi connectivity index (χ2n) is 5.23. The minimum Gasteiger partial charge on any atom is -0.437 e. The van der Waals surface area contributed by atoms with Crippen molar-refractivity contribution in [3.63, 3.8) is 0 Å². The molecule has 0 saturated heterocycles. The number of fused-ring (bicyclic) bond motifs is 1. The highest BCUT2D eigenvalue weighted by Crippen LogP contribution is 2.27. The number of rotatable bonds is 3. The number of H-pyrrole nitrogens is 1. The third-order valence-corrected chi connectivity index (χ3v) is 3.96. The fourth-order valence-electron chi connectivity index (χ4n) is 2.48. The van der Waals surface area contributed by atoms with Gasteiger partial charge in [0.2, 0.25) is 11.7 Å². The van der Waals surface area contributed by atoms with E-state index in [-0.39, 0.29) is 11.5 Å². The lowest BCUT2D eigenvalue weighted by Gasteiger charge is -2.08. The van der Waals surface area contributed by atoms with Gasteiger partial charge in [0.05, 0.1) is 16.8 Å². The highest BCUT2D eigenvalue weighted by Gasteiger charge is 2.22. The molecule has 2 aromatic heterocycles. The van der Waals surface area contributed by atoms with Crippen LogP contribution in [0.15, 0.2) is 66.5 Å². The van der Waals surface area contributed by atoms with Gasteiger partial charge in [-0.1, -0.05) is 23.7 Å². The van der Waals surface area contributed by atoms with Crippen molar-refractivity contribution in [2.75, 3.05) is 5.32 Å². The number of halogens is 1. The number of ketones is 1. The fourth-order valence-corrected chi connectivity index (χ4v) is 2.67. The maximum Gasteiger partial charge on any atom is 0.226 e. The summed E-state index contributed by atoms with van der Waals surface area (Å²) in [6, 6.07) is 11.0. The topological polar surface area (TPSA) is 67.0 Å². The van der Waals surface area contributed by atoms with Crippen LogP contribution in [0.3, 0.4) is 0 Å². The van der Waals surface area contributed by atoms with Crippen LogP contribution in [0.25, 0.3) is 17.1 Å². The van der Waals surface area contributed by atoms with Gasteiger partial charge in [-0.25, -0.2) is 4.98 Å². The largest absolute Gasteiger partial charge is 0.437 e. The van der Waals surface area contributed by atoms with E-state index in [4.69, 9.17) is 16.3 Å². The van der Waals surface area contributed by atoms with Crippen LogP contribution in [0.1, 0.15) is 5.56 Å². The summed E-state index contributed by atoms with van der Waals surface area (Å²) in [6.07, 6.45) is 6.60. The quantitative estimate of drug-likeness (QED) is 0.706. The average Bonchev–Trinajstić information content (AvgIpc) is 3.14. The SMILES string of the molecule is O=C1C=C(Nc2ccccc2Cl)OC1=Cc1c[nH]c2ncccc12. The number of nitrogens with zero attached hydrogens (tertiary/aromatic N) is 1. The molecule has 118 valence electrons. The van der Waals surface area contributed by atoms with E-state index in [1.165, 1.54) is 6.08 Å². The van der Waals surface area contributed by atoms with Gasteiger partial charge in [0, 0.05) is 23.3 Å². The minimum absolute atomic E-state index is 0.206. The molecule has 0 spiro atoms. The highest BCUT2D eigenvalue weighted by molar-refractivity contribution is 6.33. The maximum atomic E-state index is 12.2. The Morgan fingerprint density at radius 3 is 2.96 bits per heavy atom. The van der Waals surface area contributed by atoms with Gasteiger partial charge in [-0.15, -0.1) is 0 Å². The van der Waals surface area contributed by atoms with E-state index < -0.39 is 0 Å². The monoisotopic (exact) mass is 337 g/mol. The summed E-state index contributed by atoms with van der Waals surface area (Å²) in [5, 5.41) is 4.49. The molecule has 0 radical (unpaired) electrons. The molecule has 2 N–H and O–H groups in total. The number of pyridine rings is 1. The molecular weight excluding hydrogens is 326 g/mol. The number of benzene rings is 1. The van der Waals surface area contributed by atoms with Crippen molar-refractivity contribution in [2.24, 2.45) is 0 Å². The molecule has 0 saturated carbocycles. The van der Waals surface area contributed by atoms with Crippen LogP contribution >= 0.6 is 11.6 Å². The van der Waals surface area contributed by atoms with Crippen LogP contribution in [-0.2, 0) is 9.53 Å². The molecule has 3 heterocycles. The van der Waals surface area contributed by atoms with E-state index in [1.54, 1.807) is 24.5 Å². The molecule has 1 aliphatic rings. The highest BCUT2D eigenvalue weighted by atomic mass is 35.5. The second kappa shape index (κ2) is 5.86. The molecule has 0 bridgehead atoms. The van der Waals surface area contributed by atoms with Gasteiger partial charge in [0.15, 0.2) is 5.76 Å². The maximum absolute atomic E-state index is 12.2. The third-order valence-electron chi connectivity index (χ3n) is 3.63. The Hall–Kier alpha value is -3.05. The van der Waals surface area contributed by atoms with Gasteiger partial charge >= 0.3 is 0 Å². The van der Waals surface area contributed by atoms with Crippen molar-refractivity contribution in [2.45, 2.75) is 0 Å². The zero-order chi connectivity index (χ0) is 16.5. The van der Waals surface area contributed by atoms with Crippen molar-refractivity contribution in [3.8, 4) is 0 Å². The predicted octanol–water partition coefficient (Wildman–Crippen LogP) is 4.11. The summed E-state index contributed by atoms with van der Waals surface area (Å²) in [5.74, 6) is 0.384. The fraction of sp³-hybridized carbons (Fsp3) is 0. The first-order valence-electron chi connectivity index (χ1n) is 7.30. The molecule has 1 aromatic carbocycles. The Balaban J connectivity index is 1.59. The molecule has 1 aliphatic heterocycles. The number of nitrogens with one attached hydrogen (secondary N) is 2. The summed E-state index contributed by atoms with van der Waals surface area (Å²) in [7, 11) is 0. The lowest BCUT2D eigenvalue weighted by Crippen LogP contribution is -1.99. The van der Waals surface area contributed by atoms with Gasteiger partial charge in [0.1, 0.15) is 5.65 Å². The van der Waals surface area contributed by atoms with Crippen LogP contribution < -0.4 is 5.32 Å². The van der Waals surface area contributed by atoms with E-state index in [2.05, 4.69) is 15.3 Å². The summed E-state index contributed by atoms with van der Waals surface area (Å²) in [4.78, 5) is 19.4. The number of para-hydroxylation sites is 1.